The first-order valence-corrected chi connectivity index (χ1v) is 5.39. The number of nitrogens with one attached hydrogen (secondary N) is 1. The van der Waals surface area contributed by atoms with E-state index in [0.29, 0.717) is 28.8 Å². The fourth-order valence-electron chi connectivity index (χ4n) is 1.05. The van der Waals surface area contributed by atoms with Gasteiger partial charge in [0, 0.05) is 19.2 Å². The molecule has 1 heterocycles. The van der Waals surface area contributed by atoms with E-state index in [2.05, 4.69) is 36.9 Å². The molecule has 0 fully saturated rings. The molecule has 16 heavy (non-hydrogen) atoms. The fourth-order valence-corrected chi connectivity index (χ4v) is 1.54. The second-order valence-corrected chi connectivity index (χ2v) is 3.78. The van der Waals surface area contributed by atoms with Gasteiger partial charge in [0.25, 0.3) is 0 Å². The summed E-state index contributed by atoms with van der Waals surface area (Å²) in [6.45, 7) is 0.639. The molecule has 0 bridgehead atoms. The van der Waals surface area contributed by atoms with Crippen LogP contribution >= 0.6 is 15.9 Å². The van der Waals surface area contributed by atoms with Crippen LogP contribution in [-0.4, -0.2) is 24.6 Å². The molecule has 0 atom stereocenters. The van der Waals surface area contributed by atoms with E-state index in [9.17, 15) is 4.79 Å². The minimum atomic E-state index is -0.414. The van der Waals surface area contributed by atoms with Crippen LogP contribution in [0.3, 0.4) is 0 Å². The Hall–Kier alpha value is -1.54. The Labute approximate surface area is 103 Å². The lowest BCUT2D eigenvalue weighted by Gasteiger charge is -2.06. The van der Waals surface area contributed by atoms with Crippen molar-refractivity contribution in [1.29, 1.82) is 0 Å². The molecule has 0 saturated heterocycles. The number of anilines is 1. The second-order valence-electron chi connectivity index (χ2n) is 2.93. The number of ether oxygens (including phenoxy) is 1. The lowest BCUT2D eigenvalue weighted by molar-refractivity contribution is 0.0600. The van der Waals surface area contributed by atoms with Crippen molar-refractivity contribution in [3.63, 3.8) is 0 Å². The highest BCUT2D eigenvalue weighted by molar-refractivity contribution is 9.10. The van der Waals surface area contributed by atoms with Crippen LogP contribution in [0.4, 0.5) is 5.82 Å². The summed E-state index contributed by atoms with van der Waals surface area (Å²) in [5.41, 5.74) is 0.400. The summed E-state index contributed by atoms with van der Waals surface area (Å²) in [5.74, 6) is 2.76. The zero-order valence-corrected chi connectivity index (χ0v) is 10.4. The van der Waals surface area contributed by atoms with E-state index in [0.717, 1.165) is 0 Å². The molecule has 1 aromatic rings. The predicted octanol–water partition coefficient (Wildman–Crippen LogP) is 2.07. The van der Waals surface area contributed by atoms with Crippen LogP contribution in [0, 0.1) is 12.3 Å². The van der Waals surface area contributed by atoms with Crippen LogP contribution in [0.1, 0.15) is 16.8 Å². The maximum Gasteiger partial charge on any atom is 0.339 e. The van der Waals surface area contributed by atoms with E-state index >= 15 is 0 Å². The van der Waals surface area contributed by atoms with Crippen molar-refractivity contribution in [1.82, 2.24) is 4.98 Å². The quantitative estimate of drug-likeness (QED) is 0.522. The van der Waals surface area contributed by atoms with Crippen LogP contribution in [0.15, 0.2) is 16.7 Å². The van der Waals surface area contributed by atoms with E-state index in [1.165, 1.54) is 13.3 Å². The molecule has 0 aliphatic rings. The fraction of sp³-hybridized carbons (Fsp3) is 0.273. The zero-order valence-electron chi connectivity index (χ0n) is 8.79. The van der Waals surface area contributed by atoms with Crippen LogP contribution in [0.5, 0.6) is 0 Å². The molecule has 0 unspecified atom stereocenters. The topological polar surface area (TPSA) is 51.2 Å². The first kappa shape index (κ1) is 12.5. The molecule has 1 N–H and O–H groups in total. The number of aromatic nitrogens is 1. The minimum absolute atomic E-state index is 0.400. The summed E-state index contributed by atoms with van der Waals surface area (Å²) in [6.07, 6.45) is 7.20. The van der Waals surface area contributed by atoms with Crippen LogP contribution in [0.2, 0.25) is 0 Å². The Morgan fingerprint density at radius 3 is 3.06 bits per heavy atom. The SMILES string of the molecule is C#CCCNc1ncc(C(=O)OC)cc1Br. The van der Waals surface area contributed by atoms with Crippen molar-refractivity contribution in [2.45, 2.75) is 6.42 Å². The van der Waals surface area contributed by atoms with Gasteiger partial charge in [0.1, 0.15) is 5.82 Å². The smallest absolute Gasteiger partial charge is 0.339 e. The zero-order chi connectivity index (χ0) is 12.0. The van der Waals surface area contributed by atoms with Gasteiger partial charge in [-0.3, -0.25) is 0 Å². The van der Waals surface area contributed by atoms with Gasteiger partial charge in [-0.1, -0.05) is 0 Å². The van der Waals surface area contributed by atoms with Gasteiger partial charge in [-0.25, -0.2) is 9.78 Å². The van der Waals surface area contributed by atoms with Crippen molar-refractivity contribution >= 4 is 27.7 Å². The average molecular weight is 283 g/mol. The number of hydrogen-bond donors (Lipinski definition) is 1. The van der Waals surface area contributed by atoms with E-state index < -0.39 is 5.97 Å². The summed E-state index contributed by atoms with van der Waals surface area (Å²) in [6, 6.07) is 1.65. The third-order valence-electron chi connectivity index (χ3n) is 1.82. The number of rotatable bonds is 4. The molecule has 0 spiro atoms. The Morgan fingerprint density at radius 2 is 2.50 bits per heavy atom. The number of hydrogen-bond acceptors (Lipinski definition) is 4. The van der Waals surface area contributed by atoms with Gasteiger partial charge in [-0.2, -0.15) is 0 Å². The predicted molar refractivity (Wildman–Crippen MR) is 65.2 cm³/mol. The molecule has 0 aliphatic heterocycles. The Balaban J connectivity index is 2.76. The van der Waals surface area contributed by atoms with E-state index in [1.807, 2.05) is 0 Å². The molecule has 0 aliphatic carbocycles. The molecule has 1 rings (SSSR count). The number of pyridine rings is 1. The van der Waals surface area contributed by atoms with E-state index in [-0.39, 0.29) is 0 Å². The van der Waals surface area contributed by atoms with Crippen LogP contribution in [-0.2, 0) is 4.74 Å². The highest BCUT2D eigenvalue weighted by Crippen LogP contribution is 2.21. The molecular formula is C11H11BrN2O2. The Kier molecular flexibility index (Phi) is 4.80. The highest BCUT2D eigenvalue weighted by atomic mass is 79.9. The molecule has 0 radical (unpaired) electrons. The number of carbonyl (C=O) groups is 1. The van der Waals surface area contributed by atoms with Crippen molar-refractivity contribution in [2.24, 2.45) is 0 Å². The Morgan fingerprint density at radius 1 is 1.75 bits per heavy atom. The van der Waals surface area contributed by atoms with Crippen LogP contribution < -0.4 is 5.32 Å². The second kappa shape index (κ2) is 6.13. The number of halogens is 1. The normalized spacial score (nSPS) is 9.31. The van der Waals surface area contributed by atoms with E-state index in [4.69, 9.17) is 6.42 Å². The number of methoxy groups -OCH3 is 1. The molecule has 4 nitrogen and oxygen atoms in total. The number of terminal acetylenes is 1. The lowest BCUT2D eigenvalue weighted by atomic mass is 10.3. The highest BCUT2D eigenvalue weighted by Gasteiger charge is 2.09. The van der Waals surface area contributed by atoms with E-state index in [1.54, 1.807) is 6.07 Å². The first-order valence-electron chi connectivity index (χ1n) is 4.60. The maximum absolute atomic E-state index is 11.2. The van der Waals surface area contributed by atoms with Crippen molar-refractivity contribution < 1.29 is 9.53 Å². The molecule has 84 valence electrons. The molecule has 5 heteroatoms. The molecular weight excluding hydrogens is 272 g/mol. The molecule has 1 aromatic heterocycles. The maximum atomic E-state index is 11.2. The molecule has 0 aromatic carbocycles. The van der Waals surface area contributed by atoms with Gasteiger partial charge in [0.15, 0.2) is 0 Å². The summed E-state index contributed by atoms with van der Waals surface area (Å²) in [5, 5.41) is 3.05. The summed E-state index contributed by atoms with van der Waals surface area (Å²) in [4.78, 5) is 15.3. The number of carbonyl (C=O) groups excluding carboxylic acids is 1. The van der Waals surface area contributed by atoms with Gasteiger partial charge < -0.3 is 10.1 Å². The van der Waals surface area contributed by atoms with Crippen LogP contribution in [0.25, 0.3) is 0 Å². The Bertz CT molecular complexity index is 426. The van der Waals surface area contributed by atoms with Gasteiger partial charge in [-0.05, 0) is 22.0 Å². The lowest BCUT2D eigenvalue weighted by Crippen LogP contribution is -2.06. The van der Waals surface area contributed by atoms with Gasteiger partial charge in [0.2, 0.25) is 0 Å². The van der Waals surface area contributed by atoms with Gasteiger partial charge in [0.05, 0.1) is 17.1 Å². The number of esters is 1. The third kappa shape index (κ3) is 3.24. The van der Waals surface area contributed by atoms with Gasteiger partial charge in [-0.15, -0.1) is 12.3 Å². The van der Waals surface area contributed by atoms with Crippen molar-refractivity contribution in [3.05, 3.63) is 22.3 Å². The monoisotopic (exact) mass is 282 g/mol. The summed E-state index contributed by atoms with van der Waals surface area (Å²) in [7, 11) is 1.33. The summed E-state index contributed by atoms with van der Waals surface area (Å²) < 4.78 is 5.28. The molecule has 0 amide bonds. The third-order valence-corrected chi connectivity index (χ3v) is 2.43. The minimum Gasteiger partial charge on any atom is -0.465 e. The average Bonchev–Trinajstić information content (AvgIpc) is 2.30. The van der Waals surface area contributed by atoms with Crippen molar-refractivity contribution in [3.8, 4) is 12.3 Å². The first-order chi connectivity index (χ1) is 7.69. The molecule has 0 saturated carbocycles. The largest absolute Gasteiger partial charge is 0.465 e. The summed E-state index contributed by atoms with van der Waals surface area (Å²) >= 11 is 3.31. The van der Waals surface area contributed by atoms with Crippen molar-refractivity contribution in [2.75, 3.05) is 19.0 Å². The van der Waals surface area contributed by atoms with Gasteiger partial charge >= 0.3 is 5.97 Å². The standard InChI is InChI=1S/C11H11BrN2O2/c1-3-4-5-13-10-9(12)6-8(7-14-10)11(15)16-2/h1,6-7H,4-5H2,2H3,(H,13,14). The number of nitrogens with zero attached hydrogens (tertiary/aromatic N) is 1.